The lowest BCUT2D eigenvalue weighted by molar-refractivity contribution is 0.414. The standard InChI is InChI=1S/C14H19ClN2O/c1-10(2)12(7-16)9-17-8-11-4-5-13(18-3)6-14(11)15/h4-6,10,12,17H,8-9H2,1-3H3. The van der Waals surface area contributed by atoms with Gasteiger partial charge in [0.2, 0.25) is 0 Å². The molecule has 1 unspecified atom stereocenters. The van der Waals surface area contributed by atoms with Crippen molar-refractivity contribution >= 4 is 11.6 Å². The Labute approximate surface area is 114 Å². The third-order valence-corrected chi connectivity index (χ3v) is 3.26. The van der Waals surface area contributed by atoms with E-state index >= 15 is 0 Å². The van der Waals surface area contributed by atoms with Gasteiger partial charge in [0, 0.05) is 18.1 Å². The van der Waals surface area contributed by atoms with Crippen molar-refractivity contribution < 1.29 is 4.74 Å². The lowest BCUT2D eigenvalue weighted by Crippen LogP contribution is -2.24. The largest absolute Gasteiger partial charge is 0.497 e. The molecular formula is C14H19ClN2O. The van der Waals surface area contributed by atoms with Crippen molar-refractivity contribution in [2.24, 2.45) is 11.8 Å². The summed E-state index contributed by atoms with van der Waals surface area (Å²) < 4.78 is 5.09. The van der Waals surface area contributed by atoms with Gasteiger partial charge in [0.1, 0.15) is 5.75 Å². The van der Waals surface area contributed by atoms with E-state index in [-0.39, 0.29) is 5.92 Å². The Morgan fingerprint density at radius 3 is 2.67 bits per heavy atom. The molecule has 4 heteroatoms. The number of nitriles is 1. The molecule has 1 atom stereocenters. The number of nitrogens with zero attached hydrogens (tertiary/aromatic N) is 1. The molecule has 18 heavy (non-hydrogen) atoms. The highest BCUT2D eigenvalue weighted by Gasteiger charge is 2.11. The van der Waals surface area contributed by atoms with Crippen molar-refractivity contribution in [3.05, 3.63) is 28.8 Å². The molecule has 0 bridgehead atoms. The SMILES string of the molecule is COc1ccc(CNCC(C#N)C(C)C)c(Cl)c1. The Kier molecular flexibility index (Phi) is 5.97. The molecule has 98 valence electrons. The third kappa shape index (κ3) is 4.21. The summed E-state index contributed by atoms with van der Waals surface area (Å²) in [6.07, 6.45) is 0. The quantitative estimate of drug-likeness (QED) is 0.860. The molecule has 1 N–H and O–H groups in total. The van der Waals surface area contributed by atoms with Crippen LogP contribution in [0, 0.1) is 23.2 Å². The topological polar surface area (TPSA) is 45.0 Å². The fourth-order valence-electron chi connectivity index (χ4n) is 1.59. The van der Waals surface area contributed by atoms with Crippen LogP contribution < -0.4 is 10.1 Å². The summed E-state index contributed by atoms with van der Waals surface area (Å²) in [7, 11) is 1.61. The van der Waals surface area contributed by atoms with E-state index in [2.05, 4.69) is 25.2 Å². The van der Waals surface area contributed by atoms with Gasteiger partial charge in [-0.1, -0.05) is 31.5 Å². The van der Waals surface area contributed by atoms with Gasteiger partial charge >= 0.3 is 0 Å². The number of methoxy groups -OCH3 is 1. The van der Waals surface area contributed by atoms with Crippen LogP contribution >= 0.6 is 11.6 Å². The lowest BCUT2D eigenvalue weighted by atomic mass is 9.97. The van der Waals surface area contributed by atoms with E-state index in [0.29, 0.717) is 24.0 Å². The van der Waals surface area contributed by atoms with E-state index in [4.69, 9.17) is 21.6 Å². The third-order valence-electron chi connectivity index (χ3n) is 2.91. The van der Waals surface area contributed by atoms with E-state index in [1.165, 1.54) is 0 Å². The summed E-state index contributed by atoms with van der Waals surface area (Å²) >= 11 is 6.13. The van der Waals surface area contributed by atoms with Crippen LogP contribution in [-0.2, 0) is 6.54 Å². The summed E-state index contributed by atoms with van der Waals surface area (Å²) in [5, 5.41) is 12.9. The minimum absolute atomic E-state index is 0.0297. The second kappa shape index (κ2) is 7.25. The van der Waals surface area contributed by atoms with Crippen LogP contribution in [0.2, 0.25) is 5.02 Å². The average Bonchev–Trinajstić information content (AvgIpc) is 2.35. The highest BCUT2D eigenvalue weighted by Crippen LogP contribution is 2.22. The molecular weight excluding hydrogens is 248 g/mol. The van der Waals surface area contributed by atoms with Gasteiger partial charge in [0.25, 0.3) is 0 Å². The van der Waals surface area contributed by atoms with Crippen molar-refractivity contribution in [1.29, 1.82) is 5.26 Å². The normalized spacial score (nSPS) is 12.2. The molecule has 0 spiro atoms. The van der Waals surface area contributed by atoms with Gasteiger partial charge in [0.05, 0.1) is 19.1 Å². The van der Waals surface area contributed by atoms with Crippen molar-refractivity contribution in [3.63, 3.8) is 0 Å². The van der Waals surface area contributed by atoms with Crippen LogP contribution in [0.25, 0.3) is 0 Å². The van der Waals surface area contributed by atoms with Gasteiger partial charge in [-0.3, -0.25) is 0 Å². The van der Waals surface area contributed by atoms with Crippen LogP contribution in [0.3, 0.4) is 0 Å². The number of ether oxygens (including phenoxy) is 1. The number of rotatable bonds is 6. The summed E-state index contributed by atoms with van der Waals surface area (Å²) in [4.78, 5) is 0. The van der Waals surface area contributed by atoms with Gasteiger partial charge in [0.15, 0.2) is 0 Å². The number of hydrogen-bond donors (Lipinski definition) is 1. The van der Waals surface area contributed by atoms with Crippen LogP contribution in [0.15, 0.2) is 18.2 Å². The monoisotopic (exact) mass is 266 g/mol. The second-order valence-corrected chi connectivity index (χ2v) is 4.98. The van der Waals surface area contributed by atoms with Crippen molar-refractivity contribution in [1.82, 2.24) is 5.32 Å². The Bertz CT molecular complexity index is 426. The molecule has 1 aromatic carbocycles. The summed E-state index contributed by atoms with van der Waals surface area (Å²) in [6.45, 7) is 5.44. The first-order chi connectivity index (χ1) is 8.58. The van der Waals surface area contributed by atoms with Gasteiger partial charge in [-0.2, -0.15) is 5.26 Å². The fourth-order valence-corrected chi connectivity index (χ4v) is 1.83. The number of halogens is 1. The zero-order chi connectivity index (χ0) is 13.5. The summed E-state index contributed by atoms with van der Waals surface area (Å²) in [5.41, 5.74) is 1.01. The van der Waals surface area contributed by atoms with Crippen molar-refractivity contribution in [2.45, 2.75) is 20.4 Å². The first kappa shape index (κ1) is 14.8. The minimum atomic E-state index is 0.0297. The summed E-state index contributed by atoms with van der Waals surface area (Å²) in [6, 6.07) is 7.92. The maximum atomic E-state index is 8.98. The Morgan fingerprint density at radius 1 is 1.44 bits per heavy atom. The van der Waals surface area contributed by atoms with Gasteiger partial charge < -0.3 is 10.1 Å². The van der Waals surface area contributed by atoms with E-state index in [1.807, 2.05) is 12.1 Å². The molecule has 3 nitrogen and oxygen atoms in total. The Morgan fingerprint density at radius 2 is 2.17 bits per heavy atom. The molecule has 0 aromatic heterocycles. The van der Waals surface area contributed by atoms with E-state index in [9.17, 15) is 0 Å². The maximum Gasteiger partial charge on any atom is 0.120 e. The van der Waals surface area contributed by atoms with Crippen molar-refractivity contribution in [3.8, 4) is 11.8 Å². The molecule has 1 aromatic rings. The predicted octanol–water partition coefficient (Wildman–Crippen LogP) is 3.23. The molecule has 0 saturated heterocycles. The van der Waals surface area contributed by atoms with Crippen LogP contribution in [0.5, 0.6) is 5.75 Å². The summed E-state index contributed by atoms with van der Waals surface area (Å²) in [5.74, 6) is 1.14. The molecule has 0 amide bonds. The number of nitrogens with one attached hydrogen (secondary N) is 1. The number of benzene rings is 1. The van der Waals surface area contributed by atoms with Gasteiger partial charge in [-0.05, 0) is 23.6 Å². The van der Waals surface area contributed by atoms with Gasteiger partial charge in [-0.15, -0.1) is 0 Å². The Hall–Kier alpha value is -1.24. The van der Waals surface area contributed by atoms with E-state index in [0.717, 1.165) is 11.3 Å². The molecule has 0 saturated carbocycles. The minimum Gasteiger partial charge on any atom is -0.497 e. The number of hydrogen-bond acceptors (Lipinski definition) is 3. The average molecular weight is 267 g/mol. The van der Waals surface area contributed by atoms with E-state index in [1.54, 1.807) is 13.2 Å². The molecule has 0 aliphatic rings. The smallest absolute Gasteiger partial charge is 0.120 e. The second-order valence-electron chi connectivity index (χ2n) is 4.57. The first-order valence-corrected chi connectivity index (χ1v) is 6.39. The highest BCUT2D eigenvalue weighted by atomic mass is 35.5. The molecule has 0 aliphatic heterocycles. The van der Waals surface area contributed by atoms with Crippen LogP contribution in [0.1, 0.15) is 19.4 Å². The zero-order valence-corrected chi connectivity index (χ0v) is 11.8. The van der Waals surface area contributed by atoms with Crippen molar-refractivity contribution in [2.75, 3.05) is 13.7 Å². The molecule has 0 heterocycles. The lowest BCUT2D eigenvalue weighted by Gasteiger charge is -2.14. The predicted molar refractivity (Wildman–Crippen MR) is 73.7 cm³/mol. The zero-order valence-electron chi connectivity index (χ0n) is 11.0. The van der Waals surface area contributed by atoms with Crippen LogP contribution in [0.4, 0.5) is 0 Å². The van der Waals surface area contributed by atoms with Crippen LogP contribution in [-0.4, -0.2) is 13.7 Å². The molecule has 1 rings (SSSR count). The molecule has 0 radical (unpaired) electrons. The molecule has 0 aliphatic carbocycles. The van der Waals surface area contributed by atoms with Gasteiger partial charge in [-0.25, -0.2) is 0 Å². The first-order valence-electron chi connectivity index (χ1n) is 6.01. The maximum absolute atomic E-state index is 8.98. The Balaban J connectivity index is 2.52. The molecule has 0 fully saturated rings. The highest BCUT2D eigenvalue weighted by molar-refractivity contribution is 6.31. The fraction of sp³-hybridized carbons (Fsp3) is 0.500. The van der Waals surface area contributed by atoms with E-state index < -0.39 is 0 Å².